The Morgan fingerprint density at radius 3 is 2.79 bits per heavy atom. The molecule has 1 heterocycles. The number of nitrogens with two attached hydrogens (primary N) is 1. The summed E-state index contributed by atoms with van der Waals surface area (Å²) in [5.74, 6) is 1.27. The van der Waals surface area contributed by atoms with E-state index in [0.29, 0.717) is 12.5 Å². The fourth-order valence-electron chi connectivity index (χ4n) is 1.09. The quantitative estimate of drug-likeness (QED) is 0.862. The molecule has 0 aromatic carbocycles. The van der Waals surface area contributed by atoms with Crippen molar-refractivity contribution < 1.29 is 0 Å². The van der Waals surface area contributed by atoms with Crippen molar-refractivity contribution in [2.24, 2.45) is 11.7 Å². The lowest BCUT2D eigenvalue weighted by Crippen LogP contribution is -2.34. The van der Waals surface area contributed by atoms with Crippen LogP contribution in [0, 0.1) is 5.92 Å². The van der Waals surface area contributed by atoms with Gasteiger partial charge in [-0.2, -0.15) is 0 Å². The first kappa shape index (κ1) is 11.4. The van der Waals surface area contributed by atoms with Crippen LogP contribution in [-0.2, 0) is 0 Å². The zero-order valence-corrected chi connectivity index (χ0v) is 9.95. The van der Waals surface area contributed by atoms with Gasteiger partial charge < -0.3 is 11.1 Å². The molecule has 0 saturated carbocycles. The van der Waals surface area contributed by atoms with E-state index in [-0.39, 0.29) is 6.04 Å². The second-order valence-corrected chi connectivity index (χ2v) is 4.30. The lowest BCUT2D eigenvalue weighted by molar-refractivity contribution is 0.529. The molecular weight excluding hydrogens is 244 g/mol. The number of anilines is 1. The molecule has 0 radical (unpaired) electrons. The second-order valence-electron chi connectivity index (χ2n) is 3.45. The Labute approximate surface area is 92.5 Å². The van der Waals surface area contributed by atoms with E-state index < -0.39 is 0 Å². The maximum Gasteiger partial charge on any atom is 0.144 e. The highest BCUT2D eigenvalue weighted by atomic mass is 79.9. The van der Waals surface area contributed by atoms with Crippen LogP contribution in [0.15, 0.2) is 17.0 Å². The zero-order chi connectivity index (χ0) is 10.6. The van der Waals surface area contributed by atoms with Crippen molar-refractivity contribution in [3.8, 4) is 0 Å². The van der Waals surface area contributed by atoms with Crippen molar-refractivity contribution in [2.45, 2.75) is 19.9 Å². The molecule has 1 unspecified atom stereocenters. The number of halogens is 1. The summed E-state index contributed by atoms with van der Waals surface area (Å²) in [6, 6.07) is 0.237. The Balaban J connectivity index is 2.72. The highest BCUT2D eigenvalue weighted by molar-refractivity contribution is 9.10. The van der Waals surface area contributed by atoms with Crippen LogP contribution in [-0.4, -0.2) is 22.6 Å². The molecule has 4 nitrogen and oxygen atoms in total. The number of aromatic nitrogens is 2. The Morgan fingerprint density at radius 1 is 1.57 bits per heavy atom. The maximum atomic E-state index is 5.65. The van der Waals surface area contributed by atoms with Gasteiger partial charge in [0.15, 0.2) is 0 Å². The fourth-order valence-corrected chi connectivity index (χ4v) is 1.43. The Kier molecular flexibility index (Phi) is 4.28. The van der Waals surface area contributed by atoms with E-state index in [9.17, 15) is 0 Å². The van der Waals surface area contributed by atoms with Crippen LogP contribution < -0.4 is 11.1 Å². The first-order chi connectivity index (χ1) is 6.65. The summed E-state index contributed by atoms with van der Waals surface area (Å²) < 4.78 is 0.860. The second kappa shape index (κ2) is 5.26. The Hall–Kier alpha value is -0.680. The largest absolute Gasteiger partial charge is 0.365 e. The van der Waals surface area contributed by atoms with Crippen molar-refractivity contribution in [2.75, 3.05) is 11.9 Å². The minimum Gasteiger partial charge on any atom is -0.365 e. The number of nitrogens with zero attached hydrogens (tertiary/aromatic N) is 2. The summed E-state index contributed by atoms with van der Waals surface area (Å²) in [5.41, 5.74) is 5.65. The van der Waals surface area contributed by atoms with Crippen molar-refractivity contribution in [3.63, 3.8) is 0 Å². The lowest BCUT2D eigenvalue weighted by Gasteiger charge is -2.21. The van der Waals surface area contributed by atoms with Gasteiger partial charge in [0.2, 0.25) is 0 Å². The predicted molar refractivity (Wildman–Crippen MR) is 61.0 cm³/mol. The topological polar surface area (TPSA) is 63.8 Å². The van der Waals surface area contributed by atoms with Gasteiger partial charge in [-0.3, -0.25) is 0 Å². The van der Waals surface area contributed by atoms with Crippen molar-refractivity contribution >= 4 is 21.7 Å². The van der Waals surface area contributed by atoms with Gasteiger partial charge in [-0.1, -0.05) is 13.8 Å². The maximum absolute atomic E-state index is 5.65. The van der Waals surface area contributed by atoms with Gasteiger partial charge in [-0.05, 0) is 21.8 Å². The van der Waals surface area contributed by atoms with E-state index in [1.54, 1.807) is 6.20 Å². The average molecular weight is 259 g/mol. The summed E-state index contributed by atoms with van der Waals surface area (Å²) in [4.78, 5) is 8.02. The van der Waals surface area contributed by atoms with Crippen LogP contribution in [0.1, 0.15) is 13.8 Å². The third-order valence-corrected chi connectivity index (χ3v) is 2.63. The average Bonchev–Trinajstić information content (AvgIpc) is 2.16. The highest BCUT2D eigenvalue weighted by Gasteiger charge is 2.12. The number of hydrogen-bond donors (Lipinski definition) is 2. The summed E-state index contributed by atoms with van der Waals surface area (Å²) in [6.45, 7) is 4.84. The number of rotatable bonds is 4. The predicted octanol–water partition coefficient (Wildman–Crippen LogP) is 1.63. The first-order valence-corrected chi connectivity index (χ1v) is 5.36. The molecule has 0 aliphatic rings. The van der Waals surface area contributed by atoms with Crippen LogP contribution in [0.25, 0.3) is 0 Å². The van der Waals surface area contributed by atoms with Crippen LogP contribution >= 0.6 is 15.9 Å². The van der Waals surface area contributed by atoms with E-state index >= 15 is 0 Å². The van der Waals surface area contributed by atoms with Crippen LogP contribution in [0.2, 0.25) is 0 Å². The van der Waals surface area contributed by atoms with Gasteiger partial charge in [0.1, 0.15) is 12.1 Å². The summed E-state index contributed by atoms with van der Waals surface area (Å²) >= 11 is 3.37. The molecule has 1 atom stereocenters. The van der Waals surface area contributed by atoms with E-state index in [1.807, 2.05) is 0 Å². The summed E-state index contributed by atoms with van der Waals surface area (Å²) in [7, 11) is 0. The highest BCUT2D eigenvalue weighted by Crippen LogP contribution is 2.19. The zero-order valence-electron chi connectivity index (χ0n) is 8.37. The normalized spacial score (nSPS) is 12.9. The standard InChI is InChI=1S/C9H15BrN4/c1-6(2)8(3-11)14-9-7(10)4-12-5-13-9/h4-6,8H,3,11H2,1-2H3,(H,12,13,14). The van der Waals surface area contributed by atoms with E-state index in [0.717, 1.165) is 10.3 Å². The SMILES string of the molecule is CC(C)C(CN)Nc1ncncc1Br. The van der Waals surface area contributed by atoms with E-state index in [2.05, 4.69) is 45.1 Å². The molecule has 1 aromatic heterocycles. The number of hydrogen-bond acceptors (Lipinski definition) is 4. The molecule has 0 spiro atoms. The monoisotopic (exact) mass is 258 g/mol. The first-order valence-electron chi connectivity index (χ1n) is 4.57. The van der Waals surface area contributed by atoms with Crippen molar-refractivity contribution in [1.82, 2.24) is 9.97 Å². The third-order valence-electron chi connectivity index (χ3n) is 2.05. The molecule has 0 saturated heterocycles. The Morgan fingerprint density at radius 2 is 2.29 bits per heavy atom. The Bertz CT molecular complexity index is 290. The molecule has 5 heteroatoms. The lowest BCUT2D eigenvalue weighted by atomic mass is 10.1. The minimum absolute atomic E-state index is 0.237. The molecule has 78 valence electrons. The third kappa shape index (κ3) is 2.92. The molecule has 0 aliphatic carbocycles. The molecule has 0 amide bonds. The molecule has 1 rings (SSSR count). The van der Waals surface area contributed by atoms with Crippen LogP contribution in [0.4, 0.5) is 5.82 Å². The van der Waals surface area contributed by atoms with Crippen molar-refractivity contribution in [1.29, 1.82) is 0 Å². The van der Waals surface area contributed by atoms with Gasteiger partial charge in [-0.25, -0.2) is 9.97 Å². The van der Waals surface area contributed by atoms with Crippen molar-refractivity contribution in [3.05, 3.63) is 17.0 Å². The van der Waals surface area contributed by atoms with Gasteiger partial charge in [0, 0.05) is 18.8 Å². The van der Waals surface area contributed by atoms with Crippen LogP contribution in [0.5, 0.6) is 0 Å². The van der Waals surface area contributed by atoms with Crippen LogP contribution in [0.3, 0.4) is 0 Å². The molecule has 0 aliphatic heterocycles. The molecule has 1 aromatic rings. The van der Waals surface area contributed by atoms with E-state index in [1.165, 1.54) is 6.33 Å². The molecule has 0 bridgehead atoms. The van der Waals surface area contributed by atoms with E-state index in [4.69, 9.17) is 5.73 Å². The summed E-state index contributed by atoms with van der Waals surface area (Å²) in [6.07, 6.45) is 3.23. The molecule has 14 heavy (non-hydrogen) atoms. The van der Waals surface area contributed by atoms with Gasteiger partial charge in [0.25, 0.3) is 0 Å². The summed E-state index contributed by atoms with van der Waals surface area (Å²) in [5, 5.41) is 3.27. The van der Waals surface area contributed by atoms with Gasteiger partial charge in [-0.15, -0.1) is 0 Å². The molecule has 0 fully saturated rings. The minimum atomic E-state index is 0.237. The fraction of sp³-hybridized carbons (Fsp3) is 0.556. The van der Waals surface area contributed by atoms with Gasteiger partial charge in [0.05, 0.1) is 4.47 Å². The smallest absolute Gasteiger partial charge is 0.144 e. The molecule has 3 N–H and O–H groups in total. The van der Waals surface area contributed by atoms with Gasteiger partial charge >= 0.3 is 0 Å². The number of nitrogens with one attached hydrogen (secondary N) is 1. The molecular formula is C9H15BrN4.